The van der Waals surface area contributed by atoms with E-state index in [4.69, 9.17) is 59.8 Å². The van der Waals surface area contributed by atoms with Crippen molar-refractivity contribution in [1.82, 2.24) is 110 Å². The molecule has 0 aliphatic carbocycles. The molecule has 30 heteroatoms. The quantitative estimate of drug-likeness (QED) is 0.0973. The number of aromatic hydroxyl groups is 6. The fourth-order valence-electron chi connectivity index (χ4n) is 10.3. The standard InChI is InChI=1S/C50H22B2N22O6/c75-13-1-4-16-19(7-13)38-59-35(16)60-39-20-8-14(76)3-6-18(20)37(63-39)64-41-25-26(42(66-41)65-40-21-9-15(77)2-5-17(21)36(61-38)62-40)52-27-28(51-25)44-67-43(27)68-45-29-33(57-23(79)10-53-29)49(70-45)73-47-31-34(58-24(80)12-55-31)50(74-47)72-46-30-32(48(69-44)71-46)56-22(78)11-54-30/h1-12,75-77H,(H,56,78)(H,57,79)(H,58,80)(H2,59,60,61,62,63,64,65,66)(H2,67,68,69,70,71,72,73,74). The number of nitrogens with one attached hydrogen (secondary N) is 4. The van der Waals surface area contributed by atoms with Crippen LogP contribution in [0.3, 0.4) is 0 Å². The Morgan fingerprint density at radius 3 is 1.29 bits per heavy atom. The Hall–Kier alpha value is -12.0. The highest BCUT2D eigenvalue weighted by atomic mass is 16.3. The van der Waals surface area contributed by atoms with Crippen LogP contribution in [0.5, 0.6) is 34.9 Å². The minimum Gasteiger partial charge on any atom is -0.508 e. The number of H-pyrrole nitrogens is 4. The van der Waals surface area contributed by atoms with Gasteiger partial charge in [0.2, 0.25) is 17.6 Å². The number of aromatic amines is 4. The Morgan fingerprint density at radius 1 is 0.300 bits per heavy atom. The van der Waals surface area contributed by atoms with E-state index in [-0.39, 0.29) is 126 Å². The number of phenolic OH excluding ortho intramolecular Hbond substituents is 3. The van der Waals surface area contributed by atoms with E-state index in [2.05, 4.69) is 49.8 Å². The molecule has 0 amide bonds. The first-order chi connectivity index (χ1) is 39.0. The summed E-state index contributed by atoms with van der Waals surface area (Å²) in [6.45, 7) is 0. The largest absolute Gasteiger partial charge is 0.508 e. The molecule has 10 N–H and O–H groups in total. The first-order valence-corrected chi connectivity index (χ1v) is 24.0. The molecule has 17 rings (SSSR count). The summed E-state index contributed by atoms with van der Waals surface area (Å²) in [5, 5.41) is 66.4. The number of rotatable bonds is 0. The lowest BCUT2D eigenvalue weighted by molar-refractivity contribution is 0.451. The predicted octanol–water partition coefficient (Wildman–Crippen LogP) is 3.37. The normalized spacial score (nSPS) is 12.9. The van der Waals surface area contributed by atoms with Crippen molar-refractivity contribution in [3.8, 4) is 104 Å². The first kappa shape index (κ1) is 43.3. The number of nitrogens with zero attached hydrogens (tertiary/aromatic N) is 18. The molecule has 0 spiro atoms. The highest BCUT2D eigenvalue weighted by Gasteiger charge is 2.35. The number of hydrogen-bond acceptors (Lipinski definition) is 24. The van der Waals surface area contributed by atoms with Gasteiger partial charge in [0.25, 0.3) is 0 Å². The van der Waals surface area contributed by atoms with Gasteiger partial charge < -0.3 is 50.6 Å². The summed E-state index contributed by atoms with van der Waals surface area (Å²) in [6, 6.07) is 14.3. The summed E-state index contributed by atoms with van der Waals surface area (Å²) in [4.78, 5) is 98.7. The van der Waals surface area contributed by atoms with Crippen molar-refractivity contribution in [2.45, 2.75) is 0 Å². The Bertz CT molecular complexity index is 5330. The molecular weight excluding hydrogens is 1030 g/mol. The van der Waals surface area contributed by atoms with Crippen LogP contribution >= 0.6 is 0 Å². The molecule has 9 aromatic heterocycles. The van der Waals surface area contributed by atoms with Gasteiger partial charge in [0.05, 0.1) is 18.6 Å². The van der Waals surface area contributed by atoms with Gasteiger partial charge in [0.15, 0.2) is 72.4 Å². The summed E-state index contributed by atoms with van der Waals surface area (Å²) < 4.78 is 0. The maximum atomic E-state index is 10.9. The van der Waals surface area contributed by atoms with Crippen molar-refractivity contribution in [3.63, 3.8) is 0 Å². The smallest absolute Gasteiger partial charge is 0.230 e. The molecule has 12 aromatic rings. The summed E-state index contributed by atoms with van der Waals surface area (Å²) in [5.41, 5.74) is 5.37. The molecule has 0 atom stereocenters. The van der Waals surface area contributed by atoms with Crippen LogP contribution in [-0.2, 0) is 0 Å². The minimum atomic E-state index is -0.420. The average Bonchev–Trinajstić information content (AvgIpc) is 4.42. The molecule has 14 heterocycles. The molecule has 374 valence electrons. The lowest BCUT2D eigenvalue weighted by atomic mass is 9.44. The Kier molecular flexibility index (Phi) is 8.30. The molecule has 16 bridgehead atoms. The van der Waals surface area contributed by atoms with Gasteiger partial charge in [-0.2, -0.15) is 0 Å². The molecule has 5 aliphatic heterocycles. The molecule has 0 saturated carbocycles. The van der Waals surface area contributed by atoms with E-state index < -0.39 is 17.6 Å². The third-order valence-electron chi connectivity index (χ3n) is 13.8. The summed E-state index contributed by atoms with van der Waals surface area (Å²) in [6.07, 6.45) is 3.43. The van der Waals surface area contributed by atoms with Crippen LogP contribution in [0.1, 0.15) is 11.6 Å². The second-order valence-corrected chi connectivity index (χ2v) is 18.6. The third-order valence-corrected chi connectivity index (χ3v) is 13.8. The Labute approximate surface area is 441 Å². The lowest BCUT2D eigenvalue weighted by Gasteiger charge is -2.13. The van der Waals surface area contributed by atoms with Gasteiger partial charge in [0, 0.05) is 32.7 Å². The first-order valence-electron chi connectivity index (χ1n) is 24.0. The van der Waals surface area contributed by atoms with Crippen molar-refractivity contribution < 1.29 is 30.6 Å². The van der Waals surface area contributed by atoms with E-state index in [1.807, 2.05) is 0 Å². The van der Waals surface area contributed by atoms with Gasteiger partial charge in [-0.05, 0) is 76.5 Å². The maximum Gasteiger partial charge on any atom is 0.230 e. The fraction of sp³-hybridized carbons (Fsp3) is 0. The molecule has 0 fully saturated rings. The maximum absolute atomic E-state index is 10.9. The number of phenols is 3. The zero-order valence-corrected chi connectivity index (χ0v) is 39.8. The van der Waals surface area contributed by atoms with E-state index in [1.54, 1.807) is 51.0 Å². The third kappa shape index (κ3) is 6.33. The van der Waals surface area contributed by atoms with E-state index >= 15 is 0 Å². The predicted molar refractivity (Wildman–Crippen MR) is 285 cm³/mol. The SMILES string of the molecule is Oc1ccc2c(c1)-c1nc-2nc2[nH]c(nc3nc(nc4[nH]c(n1)c1ccc(O)cc41)C1=C3[B]c3c(c4nc5nc(nc6[nH]c(nc7nc(nc3[nH]4)-c3nc(O)cnc3-7)c3nc(O)cnc63)-c3nc(O)cnc3-5)[B]1)c1ccc(O)cc21. The highest BCUT2D eigenvalue weighted by molar-refractivity contribution is 6.95. The molecule has 2 radical (unpaired) electrons. The van der Waals surface area contributed by atoms with E-state index in [9.17, 15) is 30.6 Å². The van der Waals surface area contributed by atoms with Crippen molar-refractivity contribution >= 4 is 114 Å². The zero-order valence-electron chi connectivity index (χ0n) is 39.8. The van der Waals surface area contributed by atoms with Crippen molar-refractivity contribution in [2.75, 3.05) is 0 Å². The lowest BCUT2D eigenvalue weighted by Crippen LogP contribution is -2.39. The van der Waals surface area contributed by atoms with E-state index in [1.165, 1.54) is 18.2 Å². The van der Waals surface area contributed by atoms with Gasteiger partial charge in [-0.15, -0.1) is 0 Å². The van der Waals surface area contributed by atoms with Crippen molar-refractivity contribution in [1.29, 1.82) is 0 Å². The molecule has 3 aromatic carbocycles. The molecule has 0 unspecified atom stereocenters. The second-order valence-electron chi connectivity index (χ2n) is 18.6. The van der Waals surface area contributed by atoms with Gasteiger partial charge in [-0.25, -0.2) is 89.7 Å². The number of hydrogen-bond donors (Lipinski definition) is 10. The highest BCUT2D eigenvalue weighted by Crippen LogP contribution is 2.39. The molecule has 80 heavy (non-hydrogen) atoms. The average molecular weight is 1050 g/mol. The number of fused-ring (bicyclic) bond motifs is 39. The van der Waals surface area contributed by atoms with Crippen LogP contribution in [0.4, 0.5) is 0 Å². The van der Waals surface area contributed by atoms with Crippen molar-refractivity contribution in [3.05, 3.63) is 84.8 Å². The Morgan fingerprint density at radius 2 is 0.700 bits per heavy atom. The monoisotopic (exact) mass is 1050 g/mol. The van der Waals surface area contributed by atoms with Crippen molar-refractivity contribution in [2.24, 2.45) is 0 Å². The summed E-state index contributed by atoms with van der Waals surface area (Å²) >= 11 is 0. The summed E-state index contributed by atoms with van der Waals surface area (Å²) in [7, 11) is 3.60. The summed E-state index contributed by atoms with van der Waals surface area (Å²) in [5.74, 6) is -0.494. The second kappa shape index (κ2) is 15.3. The van der Waals surface area contributed by atoms with Crippen LogP contribution in [0.15, 0.2) is 73.2 Å². The van der Waals surface area contributed by atoms with Crippen LogP contribution < -0.4 is 10.9 Å². The van der Waals surface area contributed by atoms with Crippen LogP contribution in [0.25, 0.3) is 158 Å². The van der Waals surface area contributed by atoms with E-state index in [0.717, 1.165) is 18.6 Å². The Balaban J connectivity index is 0.967. The minimum absolute atomic E-state index is 0.0000324. The number of aromatic nitrogens is 22. The molecule has 5 aliphatic rings. The van der Waals surface area contributed by atoms with Gasteiger partial charge in [-0.3, -0.25) is 0 Å². The van der Waals surface area contributed by atoms with Crippen LogP contribution in [0.2, 0.25) is 0 Å². The van der Waals surface area contributed by atoms with E-state index in [0.29, 0.717) is 71.5 Å². The van der Waals surface area contributed by atoms with Crippen LogP contribution in [0, 0.1) is 0 Å². The molecule has 0 saturated heterocycles. The number of benzene rings is 3. The van der Waals surface area contributed by atoms with Gasteiger partial charge >= 0.3 is 0 Å². The topological polar surface area (TPSA) is 417 Å². The fourth-order valence-corrected chi connectivity index (χ4v) is 10.3. The van der Waals surface area contributed by atoms with Gasteiger partial charge in [-0.1, -0.05) is 0 Å². The van der Waals surface area contributed by atoms with Crippen LogP contribution in [-0.4, -0.2) is 155 Å². The van der Waals surface area contributed by atoms with Gasteiger partial charge in [0.1, 0.15) is 84.9 Å². The molecule has 28 nitrogen and oxygen atoms in total. The molecular formula is C50H22B2N22O6. The zero-order chi connectivity index (χ0) is 53.4.